The van der Waals surface area contributed by atoms with Gasteiger partial charge in [-0.15, -0.1) is 12.4 Å². The molecule has 1 aromatic carbocycles. The van der Waals surface area contributed by atoms with Gasteiger partial charge < -0.3 is 15.4 Å². The molecule has 0 saturated carbocycles. The molecule has 7 nitrogen and oxygen atoms in total. The van der Waals surface area contributed by atoms with Crippen molar-refractivity contribution >= 4 is 34.0 Å². The zero-order chi connectivity index (χ0) is 16.2. The lowest BCUT2D eigenvalue weighted by molar-refractivity contribution is -0.117. The lowest BCUT2D eigenvalue weighted by Crippen LogP contribution is -2.43. The summed E-state index contributed by atoms with van der Waals surface area (Å²) in [7, 11) is -0.578. The Bertz CT molecular complexity index is 631. The number of benzene rings is 1. The lowest BCUT2D eigenvalue weighted by atomic mass is 10.2. The minimum atomic E-state index is -3.51. The van der Waals surface area contributed by atoms with E-state index in [1.807, 2.05) is 0 Å². The van der Waals surface area contributed by atoms with E-state index in [9.17, 15) is 13.2 Å². The maximum absolute atomic E-state index is 12.1. The van der Waals surface area contributed by atoms with Gasteiger partial charge in [0.2, 0.25) is 15.9 Å². The molecular formula is C14H22ClN3O4S. The number of nitrogens with zero attached hydrogens (tertiary/aromatic N) is 1. The van der Waals surface area contributed by atoms with E-state index in [-0.39, 0.29) is 35.7 Å². The van der Waals surface area contributed by atoms with Crippen molar-refractivity contribution in [1.29, 1.82) is 0 Å². The van der Waals surface area contributed by atoms with E-state index < -0.39 is 10.0 Å². The van der Waals surface area contributed by atoms with E-state index in [1.165, 1.54) is 26.2 Å². The van der Waals surface area contributed by atoms with Gasteiger partial charge in [0.1, 0.15) is 0 Å². The zero-order valence-electron chi connectivity index (χ0n) is 13.1. The zero-order valence-corrected chi connectivity index (χ0v) is 14.7. The molecule has 2 rings (SSSR count). The molecule has 23 heavy (non-hydrogen) atoms. The van der Waals surface area contributed by atoms with Crippen LogP contribution < -0.4 is 10.6 Å². The number of amides is 1. The molecule has 0 spiro atoms. The number of ether oxygens (including phenoxy) is 1. The predicted molar refractivity (Wildman–Crippen MR) is 90.4 cm³/mol. The van der Waals surface area contributed by atoms with Crippen LogP contribution in [0.5, 0.6) is 0 Å². The van der Waals surface area contributed by atoms with Crippen LogP contribution in [0.2, 0.25) is 0 Å². The average Bonchev–Trinajstić information content (AvgIpc) is 2.48. The summed E-state index contributed by atoms with van der Waals surface area (Å²) in [6.45, 7) is 1.89. The van der Waals surface area contributed by atoms with Crippen molar-refractivity contribution in [3.8, 4) is 0 Å². The summed E-state index contributed by atoms with van der Waals surface area (Å²) in [6.07, 6.45) is 0.282. The topological polar surface area (TPSA) is 87.7 Å². The van der Waals surface area contributed by atoms with E-state index in [0.717, 1.165) is 10.8 Å². The number of rotatable bonds is 5. The molecular weight excluding hydrogens is 342 g/mol. The van der Waals surface area contributed by atoms with Crippen LogP contribution in [0.15, 0.2) is 29.2 Å². The van der Waals surface area contributed by atoms with Crippen LogP contribution in [0.4, 0.5) is 5.69 Å². The van der Waals surface area contributed by atoms with Crippen molar-refractivity contribution in [3.05, 3.63) is 24.3 Å². The molecule has 1 heterocycles. The third-order valence-electron chi connectivity index (χ3n) is 3.33. The SMILES string of the molecule is CN(C)S(=O)(=O)c1cccc(NC(=O)CC2COCCN2)c1.Cl. The van der Waals surface area contributed by atoms with Gasteiger partial charge in [0, 0.05) is 38.8 Å². The van der Waals surface area contributed by atoms with Crippen LogP contribution >= 0.6 is 12.4 Å². The van der Waals surface area contributed by atoms with Gasteiger partial charge >= 0.3 is 0 Å². The Morgan fingerprint density at radius 2 is 2.17 bits per heavy atom. The number of hydrogen-bond donors (Lipinski definition) is 2. The monoisotopic (exact) mass is 363 g/mol. The molecule has 1 unspecified atom stereocenters. The number of sulfonamides is 1. The second-order valence-electron chi connectivity index (χ2n) is 5.29. The Balaban J connectivity index is 0.00000264. The summed E-state index contributed by atoms with van der Waals surface area (Å²) in [5.74, 6) is -0.178. The van der Waals surface area contributed by atoms with Gasteiger partial charge in [-0.3, -0.25) is 4.79 Å². The second-order valence-corrected chi connectivity index (χ2v) is 7.45. The van der Waals surface area contributed by atoms with Gasteiger partial charge in [0.25, 0.3) is 0 Å². The highest BCUT2D eigenvalue weighted by atomic mass is 35.5. The fourth-order valence-corrected chi connectivity index (χ4v) is 3.08. The Labute approximate surface area is 142 Å². The first-order valence-corrected chi connectivity index (χ1v) is 8.47. The average molecular weight is 364 g/mol. The molecule has 1 atom stereocenters. The number of carbonyl (C=O) groups is 1. The van der Waals surface area contributed by atoms with E-state index in [0.29, 0.717) is 18.9 Å². The molecule has 1 aliphatic heterocycles. The Morgan fingerprint density at radius 1 is 1.43 bits per heavy atom. The summed E-state index contributed by atoms with van der Waals surface area (Å²) in [6, 6.07) is 6.22. The van der Waals surface area contributed by atoms with Crippen molar-refractivity contribution < 1.29 is 17.9 Å². The maximum Gasteiger partial charge on any atom is 0.242 e. The summed E-state index contributed by atoms with van der Waals surface area (Å²) in [5.41, 5.74) is 0.463. The molecule has 0 radical (unpaired) electrons. The number of halogens is 1. The van der Waals surface area contributed by atoms with Crippen LogP contribution in [-0.2, 0) is 19.6 Å². The van der Waals surface area contributed by atoms with Crippen molar-refractivity contribution in [2.45, 2.75) is 17.4 Å². The first kappa shape index (κ1) is 19.9. The summed E-state index contributed by atoms with van der Waals surface area (Å²) < 4.78 is 30.6. The molecule has 1 aliphatic rings. The van der Waals surface area contributed by atoms with Crippen molar-refractivity contribution in [2.75, 3.05) is 39.2 Å². The number of carbonyl (C=O) groups excluding carboxylic acids is 1. The molecule has 130 valence electrons. The molecule has 0 bridgehead atoms. The fraction of sp³-hybridized carbons (Fsp3) is 0.500. The minimum absolute atomic E-state index is 0. The minimum Gasteiger partial charge on any atom is -0.378 e. The van der Waals surface area contributed by atoms with Crippen molar-refractivity contribution in [3.63, 3.8) is 0 Å². The number of nitrogens with one attached hydrogen (secondary N) is 2. The van der Waals surface area contributed by atoms with Crippen LogP contribution in [0, 0.1) is 0 Å². The van der Waals surface area contributed by atoms with Crippen molar-refractivity contribution in [2.24, 2.45) is 0 Å². The first-order chi connectivity index (χ1) is 10.4. The summed E-state index contributed by atoms with van der Waals surface area (Å²) in [4.78, 5) is 12.2. The number of anilines is 1. The van der Waals surface area contributed by atoms with E-state index in [2.05, 4.69) is 10.6 Å². The van der Waals surface area contributed by atoms with Gasteiger partial charge in [0.15, 0.2) is 0 Å². The molecule has 1 amide bonds. The molecule has 1 fully saturated rings. The predicted octanol–water partition coefficient (Wildman–Crippen LogP) is 0.676. The van der Waals surface area contributed by atoms with Crippen molar-refractivity contribution in [1.82, 2.24) is 9.62 Å². The standard InChI is InChI=1S/C14H21N3O4S.ClH/c1-17(2)22(19,20)13-5-3-4-11(8-13)16-14(18)9-12-10-21-7-6-15-12;/h3-5,8,12,15H,6-7,9-10H2,1-2H3,(H,16,18);1H. The highest BCUT2D eigenvalue weighted by molar-refractivity contribution is 7.89. The highest BCUT2D eigenvalue weighted by Gasteiger charge is 2.19. The largest absolute Gasteiger partial charge is 0.378 e. The quantitative estimate of drug-likeness (QED) is 0.803. The molecule has 2 N–H and O–H groups in total. The van der Waals surface area contributed by atoms with E-state index >= 15 is 0 Å². The van der Waals surface area contributed by atoms with Gasteiger partial charge in [-0.1, -0.05) is 6.07 Å². The Kier molecular flexibility index (Phi) is 7.43. The van der Waals surface area contributed by atoms with Gasteiger partial charge in [-0.25, -0.2) is 12.7 Å². The van der Waals surface area contributed by atoms with Crippen LogP contribution in [0.1, 0.15) is 6.42 Å². The smallest absolute Gasteiger partial charge is 0.242 e. The highest BCUT2D eigenvalue weighted by Crippen LogP contribution is 2.18. The fourth-order valence-electron chi connectivity index (χ4n) is 2.13. The van der Waals surface area contributed by atoms with Gasteiger partial charge in [0.05, 0.1) is 18.1 Å². The summed E-state index contributed by atoms with van der Waals surface area (Å²) >= 11 is 0. The summed E-state index contributed by atoms with van der Waals surface area (Å²) in [5, 5.41) is 5.92. The third kappa shape index (κ3) is 5.43. The van der Waals surface area contributed by atoms with Crippen LogP contribution in [0.3, 0.4) is 0 Å². The number of hydrogen-bond acceptors (Lipinski definition) is 5. The molecule has 9 heteroatoms. The van der Waals surface area contributed by atoms with Gasteiger partial charge in [-0.05, 0) is 18.2 Å². The van der Waals surface area contributed by atoms with E-state index in [4.69, 9.17) is 4.74 Å². The Morgan fingerprint density at radius 3 is 2.78 bits per heavy atom. The van der Waals surface area contributed by atoms with Crippen LogP contribution in [-0.4, -0.2) is 58.5 Å². The normalized spacial score (nSPS) is 18.3. The Hall–Kier alpha value is -1.19. The molecule has 0 aliphatic carbocycles. The number of morpholine rings is 1. The lowest BCUT2D eigenvalue weighted by Gasteiger charge is -2.23. The first-order valence-electron chi connectivity index (χ1n) is 7.03. The third-order valence-corrected chi connectivity index (χ3v) is 5.14. The molecule has 1 saturated heterocycles. The van der Waals surface area contributed by atoms with E-state index in [1.54, 1.807) is 12.1 Å². The molecule has 1 aromatic rings. The second kappa shape index (κ2) is 8.60. The van der Waals surface area contributed by atoms with Crippen LogP contribution in [0.25, 0.3) is 0 Å². The molecule has 0 aromatic heterocycles. The maximum atomic E-state index is 12.1. The van der Waals surface area contributed by atoms with Gasteiger partial charge in [-0.2, -0.15) is 0 Å².